The molecule has 1 fully saturated rings. The molecule has 0 spiro atoms. The molecule has 106 valence electrons. The molecule has 1 aromatic rings. The number of aryl methyl sites for hydroxylation is 1. The molecule has 1 N–H and O–H groups in total. The fourth-order valence-corrected chi connectivity index (χ4v) is 2.40. The maximum Gasteiger partial charge on any atom is 0.121 e. The number of furan rings is 1. The summed E-state index contributed by atoms with van der Waals surface area (Å²) >= 11 is 0. The molecule has 3 nitrogen and oxygen atoms in total. The van der Waals surface area contributed by atoms with E-state index in [4.69, 9.17) is 4.42 Å². The highest BCUT2D eigenvalue weighted by Crippen LogP contribution is 2.26. The molecular weight excluding hydrogens is 271 g/mol. The lowest BCUT2D eigenvalue weighted by Gasteiger charge is -2.33. The Morgan fingerprint density at radius 1 is 1.22 bits per heavy atom. The number of hydrogen-bond donors (Lipinski definition) is 1. The molecule has 0 unspecified atom stereocenters. The predicted octanol–water partition coefficient (Wildman–Crippen LogP) is 3.04. The van der Waals surface area contributed by atoms with E-state index in [9.17, 15) is 0 Å². The van der Waals surface area contributed by atoms with Crippen molar-refractivity contribution in [2.24, 2.45) is 0 Å². The van der Waals surface area contributed by atoms with Crippen LogP contribution in [0, 0.1) is 0 Å². The summed E-state index contributed by atoms with van der Waals surface area (Å²) in [6, 6.07) is 4.72. The van der Waals surface area contributed by atoms with E-state index in [-0.39, 0.29) is 24.8 Å². The summed E-state index contributed by atoms with van der Waals surface area (Å²) in [6.45, 7) is 8.81. The molecule has 1 aromatic heterocycles. The Morgan fingerprint density at radius 2 is 1.89 bits per heavy atom. The van der Waals surface area contributed by atoms with Crippen molar-refractivity contribution in [1.29, 1.82) is 0 Å². The standard InChI is InChI=1S/C13H22N2O.2ClH/c1-3-11-5-6-13(16-11)12(4-2)15-9-7-14-8-10-15;;/h5-6,12,14H,3-4,7-10H2,1-2H3;2*1H/t12-;;/m1../s1. The molecule has 0 bridgehead atoms. The molecule has 2 heterocycles. The number of hydrogen-bond acceptors (Lipinski definition) is 3. The van der Waals surface area contributed by atoms with Crippen LogP contribution in [-0.2, 0) is 6.42 Å². The van der Waals surface area contributed by atoms with Crippen LogP contribution in [-0.4, -0.2) is 31.1 Å². The normalized spacial score (nSPS) is 17.7. The van der Waals surface area contributed by atoms with Gasteiger partial charge in [0.25, 0.3) is 0 Å². The Hall–Kier alpha value is -0.220. The van der Waals surface area contributed by atoms with Gasteiger partial charge < -0.3 is 9.73 Å². The van der Waals surface area contributed by atoms with Crippen LogP contribution in [0.5, 0.6) is 0 Å². The second kappa shape index (κ2) is 8.81. The SMILES string of the molecule is CCc1ccc([C@@H](CC)N2CCNCC2)o1.Cl.Cl. The van der Waals surface area contributed by atoms with E-state index in [0.717, 1.165) is 50.5 Å². The van der Waals surface area contributed by atoms with Gasteiger partial charge in [-0.3, -0.25) is 4.90 Å². The molecular formula is C13H24Cl2N2O. The van der Waals surface area contributed by atoms with Crippen LogP contribution in [0.1, 0.15) is 37.8 Å². The molecule has 0 aromatic carbocycles. The number of halogens is 2. The van der Waals surface area contributed by atoms with Crippen LogP contribution in [0.3, 0.4) is 0 Å². The van der Waals surface area contributed by atoms with Gasteiger partial charge in [-0.15, -0.1) is 24.8 Å². The summed E-state index contributed by atoms with van der Waals surface area (Å²) in [7, 11) is 0. The van der Waals surface area contributed by atoms with Crippen molar-refractivity contribution < 1.29 is 4.42 Å². The second-order valence-corrected chi connectivity index (χ2v) is 4.37. The molecule has 0 radical (unpaired) electrons. The predicted molar refractivity (Wildman–Crippen MR) is 80.1 cm³/mol. The Morgan fingerprint density at radius 3 is 2.39 bits per heavy atom. The van der Waals surface area contributed by atoms with Crippen LogP contribution in [0.4, 0.5) is 0 Å². The Kier molecular flexibility index (Phi) is 8.70. The Bertz CT molecular complexity index is 325. The molecule has 0 aliphatic carbocycles. The summed E-state index contributed by atoms with van der Waals surface area (Å²) in [5, 5.41) is 3.39. The lowest BCUT2D eigenvalue weighted by atomic mass is 10.1. The van der Waals surface area contributed by atoms with Crippen molar-refractivity contribution in [2.75, 3.05) is 26.2 Å². The molecule has 5 heteroatoms. The van der Waals surface area contributed by atoms with Gasteiger partial charge in [0, 0.05) is 32.6 Å². The first-order valence-electron chi connectivity index (χ1n) is 6.38. The maximum atomic E-state index is 5.88. The molecule has 2 rings (SSSR count). The zero-order chi connectivity index (χ0) is 11.4. The van der Waals surface area contributed by atoms with E-state index < -0.39 is 0 Å². The lowest BCUT2D eigenvalue weighted by molar-refractivity contribution is 0.149. The average Bonchev–Trinajstić information content (AvgIpc) is 2.80. The van der Waals surface area contributed by atoms with Crippen molar-refractivity contribution in [2.45, 2.75) is 32.7 Å². The number of piperazine rings is 1. The topological polar surface area (TPSA) is 28.4 Å². The molecule has 1 saturated heterocycles. The summed E-state index contributed by atoms with van der Waals surface area (Å²) in [5.41, 5.74) is 0. The van der Waals surface area contributed by atoms with E-state index in [1.807, 2.05) is 0 Å². The van der Waals surface area contributed by atoms with Gasteiger partial charge in [-0.1, -0.05) is 13.8 Å². The summed E-state index contributed by atoms with van der Waals surface area (Å²) in [5.74, 6) is 2.24. The van der Waals surface area contributed by atoms with Crippen molar-refractivity contribution in [3.63, 3.8) is 0 Å². The fourth-order valence-electron chi connectivity index (χ4n) is 2.40. The first kappa shape index (κ1) is 17.8. The summed E-state index contributed by atoms with van der Waals surface area (Å²) < 4.78 is 5.88. The highest BCUT2D eigenvalue weighted by atomic mass is 35.5. The zero-order valence-electron chi connectivity index (χ0n) is 11.1. The zero-order valence-corrected chi connectivity index (χ0v) is 12.8. The minimum absolute atomic E-state index is 0. The second-order valence-electron chi connectivity index (χ2n) is 4.37. The van der Waals surface area contributed by atoms with Gasteiger partial charge in [-0.2, -0.15) is 0 Å². The average molecular weight is 295 g/mol. The molecule has 1 aliphatic heterocycles. The van der Waals surface area contributed by atoms with Gasteiger partial charge in [-0.25, -0.2) is 0 Å². The molecule has 0 amide bonds. The van der Waals surface area contributed by atoms with Crippen molar-refractivity contribution in [1.82, 2.24) is 10.2 Å². The Balaban J connectivity index is 0.00000144. The number of nitrogens with one attached hydrogen (secondary N) is 1. The minimum Gasteiger partial charge on any atom is -0.464 e. The van der Waals surface area contributed by atoms with Gasteiger partial charge in [-0.05, 0) is 18.6 Å². The van der Waals surface area contributed by atoms with Crippen molar-refractivity contribution in [3.8, 4) is 0 Å². The van der Waals surface area contributed by atoms with Crippen LogP contribution in [0.2, 0.25) is 0 Å². The van der Waals surface area contributed by atoms with E-state index in [0.29, 0.717) is 6.04 Å². The third-order valence-corrected chi connectivity index (χ3v) is 3.34. The Labute approximate surface area is 122 Å². The molecule has 1 aliphatic rings. The largest absolute Gasteiger partial charge is 0.464 e. The number of rotatable bonds is 4. The highest BCUT2D eigenvalue weighted by Gasteiger charge is 2.22. The first-order chi connectivity index (χ1) is 7.85. The third-order valence-electron chi connectivity index (χ3n) is 3.34. The van der Waals surface area contributed by atoms with Gasteiger partial charge in [0.15, 0.2) is 0 Å². The van der Waals surface area contributed by atoms with Gasteiger partial charge in [0.05, 0.1) is 6.04 Å². The van der Waals surface area contributed by atoms with Crippen molar-refractivity contribution >= 4 is 24.8 Å². The monoisotopic (exact) mass is 294 g/mol. The molecule has 1 atom stereocenters. The van der Waals surface area contributed by atoms with Crippen molar-refractivity contribution in [3.05, 3.63) is 23.7 Å². The van der Waals surface area contributed by atoms with Crippen LogP contribution < -0.4 is 5.32 Å². The van der Waals surface area contributed by atoms with E-state index in [1.54, 1.807) is 0 Å². The highest BCUT2D eigenvalue weighted by molar-refractivity contribution is 5.85. The van der Waals surface area contributed by atoms with Gasteiger partial charge >= 0.3 is 0 Å². The lowest BCUT2D eigenvalue weighted by Crippen LogP contribution is -2.44. The smallest absolute Gasteiger partial charge is 0.121 e. The van der Waals surface area contributed by atoms with E-state index >= 15 is 0 Å². The van der Waals surface area contributed by atoms with Gasteiger partial charge in [0.1, 0.15) is 11.5 Å². The van der Waals surface area contributed by atoms with Crippen LogP contribution in [0.15, 0.2) is 16.5 Å². The van der Waals surface area contributed by atoms with E-state index in [2.05, 4.69) is 36.2 Å². The fraction of sp³-hybridized carbons (Fsp3) is 0.692. The maximum absolute atomic E-state index is 5.88. The quantitative estimate of drug-likeness (QED) is 0.925. The number of nitrogens with zero attached hydrogens (tertiary/aromatic N) is 1. The summed E-state index contributed by atoms with van der Waals surface area (Å²) in [4.78, 5) is 2.52. The van der Waals surface area contributed by atoms with Gasteiger partial charge in [0.2, 0.25) is 0 Å². The van der Waals surface area contributed by atoms with Crippen LogP contribution in [0.25, 0.3) is 0 Å². The third kappa shape index (κ3) is 4.16. The van der Waals surface area contributed by atoms with E-state index in [1.165, 1.54) is 0 Å². The van der Waals surface area contributed by atoms with Crippen LogP contribution >= 0.6 is 24.8 Å². The molecule has 18 heavy (non-hydrogen) atoms. The first-order valence-corrected chi connectivity index (χ1v) is 6.38. The summed E-state index contributed by atoms with van der Waals surface area (Å²) in [6.07, 6.45) is 2.11. The molecule has 0 saturated carbocycles. The minimum atomic E-state index is 0.